The summed E-state index contributed by atoms with van der Waals surface area (Å²) >= 11 is 0. The lowest BCUT2D eigenvalue weighted by Gasteiger charge is -2.24. The lowest BCUT2D eigenvalue weighted by Crippen LogP contribution is -2.32. The SMILES string of the molecule is CCCCC(NCC)C1=CCCCO1. The normalized spacial score (nSPS) is 18.6. The van der Waals surface area contributed by atoms with Crippen LogP contribution in [0.25, 0.3) is 0 Å². The molecule has 82 valence electrons. The van der Waals surface area contributed by atoms with Gasteiger partial charge in [-0.15, -0.1) is 0 Å². The lowest BCUT2D eigenvalue weighted by molar-refractivity contribution is 0.164. The number of rotatable bonds is 6. The first-order chi connectivity index (χ1) is 6.88. The Morgan fingerprint density at radius 3 is 2.93 bits per heavy atom. The van der Waals surface area contributed by atoms with E-state index in [2.05, 4.69) is 25.2 Å². The zero-order valence-corrected chi connectivity index (χ0v) is 9.51. The first-order valence-electron chi connectivity index (χ1n) is 5.94. The van der Waals surface area contributed by atoms with Crippen molar-refractivity contribution in [2.75, 3.05) is 13.2 Å². The maximum Gasteiger partial charge on any atom is 0.109 e. The van der Waals surface area contributed by atoms with Gasteiger partial charge in [-0.25, -0.2) is 0 Å². The van der Waals surface area contributed by atoms with E-state index in [-0.39, 0.29) is 0 Å². The average Bonchev–Trinajstić information content (AvgIpc) is 2.25. The summed E-state index contributed by atoms with van der Waals surface area (Å²) in [7, 11) is 0. The average molecular weight is 197 g/mol. The molecule has 1 atom stereocenters. The Labute approximate surface area is 87.7 Å². The summed E-state index contributed by atoms with van der Waals surface area (Å²) in [5.74, 6) is 1.19. The Bertz CT molecular complexity index is 177. The molecule has 0 aromatic carbocycles. The van der Waals surface area contributed by atoms with Crippen LogP contribution in [0.2, 0.25) is 0 Å². The molecule has 1 unspecified atom stereocenters. The van der Waals surface area contributed by atoms with Crippen molar-refractivity contribution >= 4 is 0 Å². The highest BCUT2D eigenvalue weighted by Crippen LogP contribution is 2.17. The van der Waals surface area contributed by atoms with Crippen LogP contribution in [0.3, 0.4) is 0 Å². The molecule has 2 heteroatoms. The van der Waals surface area contributed by atoms with Crippen LogP contribution in [0.5, 0.6) is 0 Å². The Hall–Kier alpha value is -0.500. The second-order valence-corrected chi connectivity index (χ2v) is 3.85. The number of hydrogen-bond acceptors (Lipinski definition) is 2. The molecular formula is C12H23NO. The quantitative estimate of drug-likeness (QED) is 0.707. The molecular weight excluding hydrogens is 174 g/mol. The number of unbranched alkanes of at least 4 members (excludes halogenated alkanes) is 1. The van der Waals surface area contributed by atoms with Crippen molar-refractivity contribution in [3.8, 4) is 0 Å². The molecule has 0 aliphatic carbocycles. The highest BCUT2D eigenvalue weighted by atomic mass is 16.5. The Balaban J connectivity index is 2.42. The second-order valence-electron chi connectivity index (χ2n) is 3.85. The van der Waals surface area contributed by atoms with Crippen molar-refractivity contribution in [1.82, 2.24) is 5.32 Å². The van der Waals surface area contributed by atoms with E-state index in [0.29, 0.717) is 6.04 Å². The van der Waals surface area contributed by atoms with Crippen molar-refractivity contribution in [2.24, 2.45) is 0 Å². The van der Waals surface area contributed by atoms with Crippen LogP contribution in [0.15, 0.2) is 11.8 Å². The predicted molar refractivity (Wildman–Crippen MR) is 60.3 cm³/mol. The second kappa shape index (κ2) is 6.88. The molecule has 2 nitrogen and oxygen atoms in total. The molecule has 0 bridgehead atoms. The maximum atomic E-state index is 5.69. The summed E-state index contributed by atoms with van der Waals surface area (Å²) in [6, 6.07) is 0.459. The van der Waals surface area contributed by atoms with Crippen molar-refractivity contribution < 1.29 is 4.74 Å². The number of nitrogens with one attached hydrogen (secondary N) is 1. The minimum absolute atomic E-state index is 0.459. The first kappa shape index (κ1) is 11.6. The fourth-order valence-electron chi connectivity index (χ4n) is 1.82. The largest absolute Gasteiger partial charge is 0.497 e. The zero-order valence-electron chi connectivity index (χ0n) is 9.51. The van der Waals surface area contributed by atoms with Gasteiger partial charge in [-0.05, 0) is 31.9 Å². The van der Waals surface area contributed by atoms with E-state index in [1.165, 1.54) is 37.9 Å². The predicted octanol–water partition coefficient (Wildman–Crippen LogP) is 2.85. The molecule has 0 saturated carbocycles. The zero-order chi connectivity index (χ0) is 10.2. The molecule has 1 aliphatic rings. The van der Waals surface area contributed by atoms with Crippen LogP contribution in [-0.2, 0) is 4.74 Å². The van der Waals surface area contributed by atoms with Gasteiger partial charge in [-0.1, -0.05) is 26.7 Å². The summed E-state index contributed by atoms with van der Waals surface area (Å²) in [4.78, 5) is 0. The van der Waals surface area contributed by atoms with Crippen LogP contribution < -0.4 is 5.32 Å². The van der Waals surface area contributed by atoms with Gasteiger partial charge in [0.1, 0.15) is 5.76 Å². The van der Waals surface area contributed by atoms with E-state index in [4.69, 9.17) is 4.74 Å². The van der Waals surface area contributed by atoms with Gasteiger partial charge in [0.15, 0.2) is 0 Å². The smallest absolute Gasteiger partial charge is 0.109 e. The third kappa shape index (κ3) is 3.70. The Kier molecular flexibility index (Phi) is 5.69. The van der Waals surface area contributed by atoms with Gasteiger partial charge in [-0.3, -0.25) is 0 Å². The van der Waals surface area contributed by atoms with Gasteiger partial charge >= 0.3 is 0 Å². The molecule has 1 N–H and O–H groups in total. The van der Waals surface area contributed by atoms with Gasteiger partial charge in [0.2, 0.25) is 0 Å². The summed E-state index contributed by atoms with van der Waals surface area (Å²) < 4.78 is 5.69. The first-order valence-corrected chi connectivity index (χ1v) is 5.94. The number of allylic oxidation sites excluding steroid dienone is 1. The molecule has 1 aliphatic heterocycles. The monoisotopic (exact) mass is 197 g/mol. The number of likely N-dealkylation sites (N-methyl/N-ethyl adjacent to an activating group) is 1. The summed E-state index contributed by atoms with van der Waals surface area (Å²) in [6.07, 6.45) is 8.36. The fourth-order valence-corrected chi connectivity index (χ4v) is 1.82. The van der Waals surface area contributed by atoms with E-state index >= 15 is 0 Å². The molecule has 0 aromatic rings. The third-order valence-electron chi connectivity index (χ3n) is 2.60. The van der Waals surface area contributed by atoms with Crippen molar-refractivity contribution in [3.63, 3.8) is 0 Å². The fraction of sp³-hybridized carbons (Fsp3) is 0.833. The van der Waals surface area contributed by atoms with Crippen molar-refractivity contribution in [2.45, 2.75) is 52.0 Å². The molecule has 0 spiro atoms. The van der Waals surface area contributed by atoms with Gasteiger partial charge in [0.25, 0.3) is 0 Å². The molecule has 1 heterocycles. The van der Waals surface area contributed by atoms with E-state index in [1.807, 2.05) is 0 Å². The van der Waals surface area contributed by atoms with E-state index < -0.39 is 0 Å². The molecule has 0 aromatic heterocycles. The minimum Gasteiger partial charge on any atom is -0.497 e. The highest BCUT2D eigenvalue weighted by Gasteiger charge is 2.15. The third-order valence-corrected chi connectivity index (χ3v) is 2.60. The molecule has 0 radical (unpaired) electrons. The van der Waals surface area contributed by atoms with Crippen LogP contribution >= 0.6 is 0 Å². The van der Waals surface area contributed by atoms with Crippen LogP contribution in [-0.4, -0.2) is 19.2 Å². The topological polar surface area (TPSA) is 21.3 Å². The molecule has 0 saturated heterocycles. The van der Waals surface area contributed by atoms with Gasteiger partial charge in [0, 0.05) is 0 Å². The van der Waals surface area contributed by atoms with Crippen LogP contribution in [0.1, 0.15) is 46.0 Å². The molecule has 14 heavy (non-hydrogen) atoms. The summed E-state index contributed by atoms with van der Waals surface area (Å²) in [5, 5.41) is 3.49. The van der Waals surface area contributed by atoms with E-state index in [9.17, 15) is 0 Å². The highest BCUT2D eigenvalue weighted by molar-refractivity contribution is 5.05. The summed E-state index contributed by atoms with van der Waals surface area (Å²) in [5.41, 5.74) is 0. The van der Waals surface area contributed by atoms with E-state index in [1.54, 1.807) is 0 Å². The van der Waals surface area contributed by atoms with E-state index in [0.717, 1.165) is 13.2 Å². The van der Waals surface area contributed by atoms with Crippen molar-refractivity contribution in [3.05, 3.63) is 11.8 Å². The van der Waals surface area contributed by atoms with Crippen molar-refractivity contribution in [1.29, 1.82) is 0 Å². The number of ether oxygens (including phenoxy) is 1. The number of hydrogen-bond donors (Lipinski definition) is 1. The van der Waals surface area contributed by atoms with Gasteiger partial charge < -0.3 is 10.1 Å². The van der Waals surface area contributed by atoms with Crippen LogP contribution in [0, 0.1) is 0 Å². The Morgan fingerprint density at radius 1 is 1.50 bits per heavy atom. The molecule has 0 fully saturated rings. The summed E-state index contributed by atoms with van der Waals surface area (Å²) in [6.45, 7) is 6.32. The maximum absolute atomic E-state index is 5.69. The lowest BCUT2D eigenvalue weighted by atomic mass is 10.1. The standard InChI is InChI=1S/C12H23NO/c1-3-5-8-11(13-4-2)12-9-6-7-10-14-12/h9,11,13H,3-8,10H2,1-2H3. The Morgan fingerprint density at radius 2 is 2.36 bits per heavy atom. The van der Waals surface area contributed by atoms with Gasteiger partial charge in [-0.2, -0.15) is 0 Å². The minimum atomic E-state index is 0.459. The van der Waals surface area contributed by atoms with Crippen LogP contribution in [0.4, 0.5) is 0 Å². The van der Waals surface area contributed by atoms with Gasteiger partial charge in [0.05, 0.1) is 12.6 Å². The molecule has 0 amide bonds. The molecule has 1 rings (SSSR count).